The first-order chi connectivity index (χ1) is 8.72. The molecule has 0 aliphatic heterocycles. The van der Waals surface area contributed by atoms with Crippen molar-refractivity contribution < 1.29 is 9.50 Å². The van der Waals surface area contributed by atoms with Gasteiger partial charge in [-0.15, -0.1) is 0 Å². The van der Waals surface area contributed by atoms with Crippen molar-refractivity contribution in [2.24, 2.45) is 0 Å². The fourth-order valence-electron chi connectivity index (χ4n) is 1.52. The number of hydrogen-bond donors (Lipinski definition) is 1. The maximum Gasteiger partial charge on any atom is 0.141 e. The van der Waals surface area contributed by atoms with E-state index in [1.54, 1.807) is 12.1 Å². The fourth-order valence-corrected chi connectivity index (χ4v) is 1.52. The van der Waals surface area contributed by atoms with Crippen LogP contribution in [0.25, 0.3) is 11.3 Å². The van der Waals surface area contributed by atoms with Gasteiger partial charge in [0.1, 0.15) is 23.2 Å². The molecule has 3 nitrogen and oxygen atoms in total. The highest BCUT2D eigenvalue weighted by atomic mass is 19.1. The van der Waals surface area contributed by atoms with E-state index in [9.17, 15) is 9.50 Å². The molecule has 1 aromatic carbocycles. The van der Waals surface area contributed by atoms with E-state index in [0.29, 0.717) is 11.1 Å². The maximum atomic E-state index is 12.8. The Kier molecular flexibility index (Phi) is 3.35. The van der Waals surface area contributed by atoms with Gasteiger partial charge >= 0.3 is 0 Å². The summed E-state index contributed by atoms with van der Waals surface area (Å²) < 4.78 is 12.8. The molecule has 4 heteroatoms. The van der Waals surface area contributed by atoms with Gasteiger partial charge in [-0.3, -0.25) is 4.98 Å². The van der Waals surface area contributed by atoms with E-state index in [2.05, 4.69) is 4.98 Å². The molecule has 1 heterocycles. The predicted octanol–water partition coefficient (Wildman–Crippen LogP) is 3.17. The lowest BCUT2D eigenvalue weighted by molar-refractivity contribution is 0.514. The van der Waals surface area contributed by atoms with Crippen molar-refractivity contribution in [1.29, 1.82) is 5.26 Å². The highest BCUT2D eigenvalue weighted by Gasteiger charge is 2.10. The van der Waals surface area contributed by atoms with Crippen molar-refractivity contribution >= 4 is 11.3 Å². The Bertz CT molecular complexity index is 612. The lowest BCUT2D eigenvalue weighted by Gasteiger charge is -2.04. The van der Waals surface area contributed by atoms with Gasteiger partial charge in [-0.2, -0.15) is 5.26 Å². The third-order valence-electron chi connectivity index (χ3n) is 2.44. The van der Waals surface area contributed by atoms with Crippen LogP contribution in [0.4, 0.5) is 4.39 Å². The van der Waals surface area contributed by atoms with Crippen molar-refractivity contribution in [3.63, 3.8) is 0 Å². The Morgan fingerprint density at radius 3 is 2.22 bits per heavy atom. The van der Waals surface area contributed by atoms with Gasteiger partial charge in [0.2, 0.25) is 0 Å². The van der Waals surface area contributed by atoms with Crippen molar-refractivity contribution in [3.05, 3.63) is 65.7 Å². The molecule has 0 atom stereocenters. The monoisotopic (exact) mass is 240 g/mol. The maximum absolute atomic E-state index is 12.8. The summed E-state index contributed by atoms with van der Waals surface area (Å²) in [4.78, 5) is 3.83. The molecule has 1 N–H and O–H groups in total. The van der Waals surface area contributed by atoms with Crippen LogP contribution >= 0.6 is 0 Å². The molecule has 18 heavy (non-hydrogen) atoms. The molecule has 0 unspecified atom stereocenters. The predicted molar refractivity (Wildman–Crippen MR) is 65.7 cm³/mol. The van der Waals surface area contributed by atoms with Gasteiger partial charge in [-0.25, -0.2) is 4.39 Å². The lowest BCUT2D eigenvalue weighted by atomic mass is 10.0. The molecule has 88 valence electrons. The summed E-state index contributed by atoms with van der Waals surface area (Å²) in [6, 6.07) is 10.5. The van der Waals surface area contributed by atoms with E-state index in [-0.39, 0.29) is 17.1 Å². The summed E-state index contributed by atoms with van der Waals surface area (Å²) in [6.07, 6.45) is 3.04. The van der Waals surface area contributed by atoms with Crippen molar-refractivity contribution in [1.82, 2.24) is 4.98 Å². The highest BCUT2D eigenvalue weighted by Crippen LogP contribution is 2.23. The molecule has 2 aromatic rings. The molecule has 0 bridgehead atoms. The SMILES string of the molecule is N#C/C(=C(\O)c1ccncc1)c1ccc(F)cc1. The third kappa shape index (κ3) is 2.36. The fraction of sp³-hybridized carbons (Fsp3) is 0. The van der Waals surface area contributed by atoms with Crippen LogP contribution in [0.1, 0.15) is 11.1 Å². The summed E-state index contributed by atoms with van der Waals surface area (Å²) in [6.45, 7) is 0. The summed E-state index contributed by atoms with van der Waals surface area (Å²) >= 11 is 0. The number of allylic oxidation sites excluding steroid dienone is 1. The van der Waals surface area contributed by atoms with E-state index in [0.717, 1.165) is 0 Å². The molecule has 0 aliphatic rings. The zero-order valence-corrected chi connectivity index (χ0v) is 9.34. The van der Waals surface area contributed by atoms with Crippen LogP contribution in [0.15, 0.2) is 48.8 Å². The summed E-state index contributed by atoms with van der Waals surface area (Å²) in [7, 11) is 0. The quantitative estimate of drug-likeness (QED) is 0.648. The van der Waals surface area contributed by atoms with E-state index >= 15 is 0 Å². The topological polar surface area (TPSA) is 56.9 Å². The normalized spacial score (nSPS) is 11.6. The number of aliphatic hydroxyl groups is 1. The number of benzene rings is 1. The summed E-state index contributed by atoms with van der Waals surface area (Å²) in [5.41, 5.74) is 1.06. The first-order valence-electron chi connectivity index (χ1n) is 5.22. The van der Waals surface area contributed by atoms with Gasteiger partial charge in [0.15, 0.2) is 0 Å². The Labute approximate surface area is 103 Å². The Balaban J connectivity index is 2.52. The average molecular weight is 240 g/mol. The van der Waals surface area contributed by atoms with E-state index < -0.39 is 0 Å². The number of aliphatic hydroxyl groups excluding tert-OH is 1. The molecular weight excluding hydrogens is 231 g/mol. The Morgan fingerprint density at radius 2 is 1.67 bits per heavy atom. The lowest BCUT2D eigenvalue weighted by Crippen LogP contribution is -1.90. The minimum Gasteiger partial charge on any atom is -0.506 e. The highest BCUT2D eigenvalue weighted by molar-refractivity contribution is 5.93. The van der Waals surface area contributed by atoms with Crippen molar-refractivity contribution in [3.8, 4) is 6.07 Å². The molecule has 0 saturated heterocycles. The third-order valence-corrected chi connectivity index (χ3v) is 2.44. The van der Waals surface area contributed by atoms with Crippen LogP contribution in [-0.4, -0.2) is 10.1 Å². The van der Waals surface area contributed by atoms with Gasteiger partial charge in [0.05, 0.1) is 0 Å². The zero-order valence-electron chi connectivity index (χ0n) is 9.34. The molecule has 2 rings (SSSR count). The van der Waals surface area contributed by atoms with Gasteiger partial charge in [-0.05, 0) is 29.8 Å². The second kappa shape index (κ2) is 5.11. The molecule has 1 aromatic heterocycles. The van der Waals surface area contributed by atoms with Crippen molar-refractivity contribution in [2.45, 2.75) is 0 Å². The van der Waals surface area contributed by atoms with Crippen LogP contribution in [0.2, 0.25) is 0 Å². The van der Waals surface area contributed by atoms with Crippen LogP contribution in [0.5, 0.6) is 0 Å². The van der Waals surface area contributed by atoms with Crippen molar-refractivity contribution in [2.75, 3.05) is 0 Å². The first kappa shape index (κ1) is 11.8. The molecule has 0 aliphatic carbocycles. The van der Waals surface area contributed by atoms with Crippen LogP contribution in [-0.2, 0) is 0 Å². The molecular formula is C14H9FN2O. The standard InChI is InChI=1S/C14H9FN2O/c15-12-3-1-10(2-4-12)13(9-16)14(18)11-5-7-17-8-6-11/h1-8,18H/b14-13+. The van der Waals surface area contributed by atoms with E-state index in [1.165, 1.54) is 36.7 Å². The number of rotatable bonds is 2. The van der Waals surface area contributed by atoms with Gasteiger partial charge in [-0.1, -0.05) is 12.1 Å². The number of halogens is 1. The molecule has 0 radical (unpaired) electrons. The minimum atomic E-state index is -0.389. The second-order valence-corrected chi connectivity index (χ2v) is 3.58. The Hall–Kier alpha value is -2.67. The number of pyridine rings is 1. The van der Waals surface area contributed by atoms with E-state index in [4.69, 9.17) is 5.26 Å². The zero-order chi connectivity index (χ0) is 13.0. The smallest absolute Gasteiger partial charge is 0.141 e. The molecule has 0 amide bonds. The number of aromatic nitrogens is 1. The number of nitriles is 1. The first-order valence-corrected chi connectivity index (χ1v) is 5.22. The van der Waals surface area contributed by atoms with Crippen LogP contribution in [0, 0.1) is 17.1 Å². The van der Waals surface area contributed by atoms with Gasteiger partial charge in [0.25, 0.3) is 0 Å². The minimum absolute atomic E-state index is 0.0983. The molecule has 0 fully saturated rings. The Morgan fingerprint density at radius 1 is 1.06 bits per heavy atom. The largest absolute Gasteiger partial charge is 0.506 e. The summed E-state index contributed by atoms with van der Waals surface area (Å²) in [5.74, 6) is -0.536. The summed E-state index contributed by atoms with van der Waals surface area (Å²) in [5, 5.41) is 19.1. The average Bonchev–Trinajstić information content (AvgIpc) is 2.42. The van der Waals surface area contributed by atoms with Crippen LogP contribution in [0.3, 0.4) is 0 Å². The van der Waals surface area contributed by atoms with Gasteiger partial charge in [0, 0.05) is 18.0 Å². The van der Waals surface area contributed by atoms with Crippen LogP contribution < -0.4 is 0 Å². The van der Waals surface area contributed by atoms with E-state index in [1.807, 2.05) is 6.07 Å². The molecule has 0 saturated carbocycles. The molecule has 0 spiro atoms. The number of hydrogen-bond acceptors (Lipinski definition) is 3. The second-order valence-electron chi connectivity index (χ2n) is 3.58. The number of nitrogens with zero attached hydrogens (tertiary/aromatic N) is 2. The van der Waals surface area contributed by atoms with Gasteiger partial charge < -0.3 is 5.11 Å².